The van der Waals surface area contributed by atoms with E-state index in [0.717, 1.165) is 6.42 Å². The molecule has 0 saturated carbocycles. The third-order valence-electron chi connectivity index (χ3n) is 2.39. The predicted octanol–water partition coefficient (Wildman–Crippen LogP) is 1.89. The topological polar surface area (TPSA) is 63.3 Å². The summed E-state index contributed by atoms with van der Waals surface area (Å²) >= 11 is 0. The van der Waals surface area contributed by atoms with E-state index in [-0.39, 0.29) is 12.4 Å². The molecule has 0 heterocycles. The number of nitrogens with two attached hydrogens (primary N) is 1. The molecule has 0 spiro atoms. The molecule has 0 fully saturated rings. The highest BCUT2D eigenvalue weighted by Crippen LogP contribution is 2.16. The number of carboxylic acids is 1. The highest BCUT2D eigenvalue weighted by molar-refractivity contribution is 5.85. The molecule has 80 valence electrons. The zero-order chi connectivity index (χ0) is 9.72. The molecule has 0 aliphatic carbocycles. The van der Waals surface area contributed by atoms with E-state index in [2.05, 4.69) is 20.8 Å². The van der Waals surface area contributed by atoms with Gasteiger partial charge in [0.2, 0.25) is 0 Å². The van der Waals surface area contributed by atoms with E-state index in [4.69, 9.17) is 10.8 Å². The Balaban J connectivity index is 0. The molecule has 0 bridgehead atoms. The fourth-order valence-corrected chi connectivity index (χ4v) is 0.899. The van der Waals surface area contributed by atoms with Crippen LogP contribution in [0.4, 0.5) is 0 Å². The summed E-state index contributed by atoms with van der Waals surface area (Å²) in [5.74, 6) is 0.257. The summed E-state index contributed by atoms with van der Waals surface area (Å²) in [6.07, 6.45) is 1.47. The van der Waals surface area contributed by atoms with E-state index in [9.17, 15) is 4.79 Å². The lowest BCUT2D eigenvalue weighted by Crippen LogP contribution is -2.30. The number of hydrogen-bond acceptors (Lipinski definition) is 2. The third kappa shape index (κ3) is 6.84. The summed E-state index contributed by atoms with van der Waals surface area (Å²) in [6.45, 7) is 6.40. The molecule has 0 aromatic heterocycles. The number of aliphatic carboxylic acids is 1. The first-order valence-corrected chi connectivity index (χ1v) is 4.43. The van der Waals surface area contributed by atoms with Gasteiger partial charge < -0.3 is 10.8 Å². The number of hydrogen-bond donors (Lipinski definition) is 2. The van der Waals surface area contributed by atoms with Crippen molar-refractivity contribution in [3.63, 3.8) is 0 Å². The van der Waals surface area contributed by atoms with Gasteiger partial charge >= 0.3 is 5.97 Å². The van der Waals surface area contributed by atoms with Crippen molar-refractivity contribution in [3.05, 3.63) is 0 Å². The van der Waals surface area contributed by atoms with E-state index in [1.54, 1.807) is 0 Å². The first-order valence-electron chi connectivity index (χ1n) is 4.43. The first-order chi connectivity index (χ1) is 5.45. The van der Waals surface area contributed by atoms with Gasteiger partial charge in [-0.1, -0.05) is 20.8 Å². The van der Waals surface area contributed by atoms with Crippen molar-refractivity contribution < 1.29 is 9.90 Å². The zero-order valence-corrected chi connectivity index (χ0v) is 9.30. The van der Waals surface area contributed by atoms with Crippen molar-refractivity contribution in [1.82, 2.24) is 0 Å². The molecule has 0 aliphatic heterocycles. The van der Waals surface area contributed by atoms with Crippen LogP contribution in [0.3, 0.4) is 0 Å². The lowest BCUT2D eigenvalue weighted by Gasteiger charge is -2.16. The minimum Gasteiger partial charge on any atom is -0.480 e. The molecule has 0 aliphatic rings. The maximum atomic E-state index is 10.4. The van der Waals surface area contributed by atoms with Crippen LogP contribution in [0.15, 0.2) is 0 Å². The van der Waals surface area contributed by atoms with Crippen molar-refractivity contribution in [2.75, 3.05) is 0 Å². The second-order valence-electron chi connectivity index (χ2n) is 3.74. The predicted molar refractivity (Wildman–Crippen MR) is 56.1 cm³/mol. The minimum absolute atomic E-state index is 0. The van der Waals surface area contributed by atoms with Crippen LogP contribution in [0.1, 0.15) is 33.6 Å². The van der Waals surface area contributed by atoms with Crippen LogP contribution < -0.4 is 5.73 Å². The van der Waals surface area contributed by atoms with E-state index in [1.807, 2.05) is 0 Å². The molecule has 0 radical (unpaired) electrons. The highest BCUT2D eigenvalue weighted by Gasteiger charge is 2.14. The largest absolute Gasteiger partial charge is 0.480 e. The van der Waals surface area contributed by atoms with Gasteiger partial charge in [-0.3, -0.25) is 4.79 Å². The second kappa shape index (κ2) is 7.15. The van der Waals surface area contributed by atoms with Gasteiger partial charge in [0.25, 0.3) is 0 Å². The molecule has 1 unspecified atom stereocenters. The highest BCUT2D eigenvalue weighted by atomic mass is 35.5. The van der Waals surface area contributed by atoms with Crippen LogP contribution in [-0.4, -0.2) is 17.1 Å². The van der Waals surface area contributed by atoms with Crippen LogP contribution in [0.5, 0.6) is 0 Å². The third-order valence-corrected chi connectivity index (χ3v) is 2.39. The lowest BCUT2D eigenvalue weighted by molar-refractivity contribution is -0.138. The molecule has 0 aromatic carbocycles. The summed E-state index contributed by atoms with van der Waals surface area (Å²) in [6, 6.07) is -0.689. The van der Waals surface area contributed by atoms with E-state index >= 15 is 0 Å². The first kappa shape index (κ1) is 15.2. The summed E-state index contributed by atoms with van der Waals surface area (Å²) in [5.41, 5.74) is 5.37. The van der Waals surface area contributed by atoms with Gasteiger partial charge in [0.1, 0.15) is 6.04 Å². The van der Waals surface area contributed by atoms with Crippen molar-refractivity contribution in [1.29, 1.82) is 0 Å². The monoisotopic (exact) mass is 209 g/mol. The molecule has 0 amide bonds. The number of carbonyl (C=O) groups is 1. The Bertz CT molecular complexity index is 151. The Morgan fingerprint density at radius 3 is 2.08 bits per heavy atom. The van der Waals surface area contributed by atoms with Gasteiger partial charge in [-0.05, 0) is 24.7 Å². The Kier molecular flexibility index (Phi) is 8.37. The molecular weight excluding hydrogens is 190 g/mol. The van der Waals surface area contributed by atoms with Gasteiger partial charge in [-0.15, -0.1) is 12.4 Å². The van der Waals surface area contributed by atoms with Crippen LogP contribution in [0.2, 0.25) is 0 Å². The normalized spacial score (nSPS) is 14.8. The van der Waals surface area contributed by atoms with Crippen LogP contribution in [0, 0.1) is 11.8 Å². The SMILES string of the molecule is CC(C)[C@H](C)CCC(N)C(=O)O.Cl. The Hall–Kier alpha value is -0.280. The number of carboxylic acid groups (broad SMARTS) is 1. The van der Waals surface area contributed by atoms with Crippen molar-refractivity contribution in [2.45, 2.75) is 39.7 Å². The molecule has 2 atom stereocenters. The smallest absolute Gasteiger partial charge is 0.320 e. The number of rotatable bonds is 5. The molecule has 3 N–H and O–H groups in total. The molecule has 0 aromatic rings. The molecule has 13 heavy (non-hydrogen) atoms. The van der Waals surface area contributed by atoms with E-state index in [0.29, 0.717) is 18.3 Å². The average Bonchev–Trinajstić information content (AvgIpc) is 1.98. The van der Waals surface area contributed by atoms with Crippen LogP contribution in [-0.2, 0) is 4.79 Å². The van der Waals surface area contributed by atoms with Crippen molar-refractivity contribution in [2.24, 2.45) is 17.6 Å². The van der Waals surface area contributed by atoms with Gasteiger partial charge in [0.15, 0.2) is 0 Å². The number of halogens is 1. The summed E-state index contributed by atoms with van der Waals surface area (Å²) < 4.78 is 0. The molecule has 0 rings (SSSR count). The second-order valence-corrected chi connectivity index (χ2v) is 3.74. The van der Waals surface area contributed by atoms with Crippen molar-refractivity contribution >= 4 is 18.4 Å². The molecule has 3 nitrogen and oxygen atoms in total. The Labute approximate surface area is 86.1 Å². The fraction of sp³-hybridized carbons (Fsp3) is 0.889. The summed E-state index contributed by atoms with van der Waals surface area (Å²) in [5, 5.41) is 8.51. The quantitative estimate of drug-likeness (QED) is 0.727. The standard InChI is InChI=1S/C9H19NO2.ClH/c1-6(2)7(3)4-5-8(10)9(11)12;/h6-8H,4-5,10H2,1-3H3,(H,11,12);1H/t7-,8?;/m1./s1. The lowest BCUT2D eigenvalue weighted by atomic mass is 9.92. The van der Waals surface area contributed by atoms with Gasteiger partial charge in [-0.25, -0.2) is 0 Å². The fourth-order valence-electron chi connectivity index (χ4n) is 0.899. The molecule has 0 saturated heterocycles. The molecular formula is C9H20ClNO2. The maximum absolute atomic E-state index is 10.4. The Morgan fingerprint density at radius 1 is 1.31 bits per heavy atom. The van der Waals surface area contributed by atoms with E-state index < -0.39 is 12.0 Å². The van der Waals surface area contributed by atoms with Gasteiger partial charge in [0, 0.05) is 0 Å². The summed E-state index contributed by atoms with van der Waals surface area (Å²) in [4.78, 5) is 10.4. The average molecular weight is 210 g/mol. The Morgan fingerprint density at radius 2 is 1.77 bits per heavy atom. The van der Waals surface area contributed by atoms with Crippen molar-refractivity contribution in [3.8, 4) is 0 Å². The minimum atomic E-state index is -0.897. The summed E-state index contributed by atoms with van der Waals surface area (Å²) in [7, 11) is 0. The van der Waals surface area contributed by atoms with Gasteiger partial charge in [-0.2, -0.15) is 0 Å². The zero-order valence-electron chi connectivity index (χ0n) is 8.49. The molecule has 4 heteroatoms. The maximum Gasteiger partial charge on any atom is 0.320 e. The van der Waals surface area contributed by atoms with Gasteiger partial charge in [0.05, 0.1) is 0 Å². The van der Waals surface area contributed by atoms with Crippen LogP contribution >= 0.6 is 12.4 Å². The van der Waals surface area contributed by atoms with Crippen LogP contribution in [0.25, 0.3) is 0 Å². The van der Waals surface area contributed by atoms with E-state index in [1.165, 1.54) is 0 Å².